The fourth-order valence-corrected chi connectivity index (χ4v) is 2.69. The first-order chi connectivity index (χ1) is 8.26. The first-order valence-electron chi connectivity index (χ1n) is 5.45. The van der Waals surface area contributed by atoms with Crippen molar-refractivity contribution in [3.8, 4) is 0 Å². The van der Waals surface area contributed by atoms with Gasteiger partial charge in [0, 0.05) is 13.1 Å². The molecule has 0 bridgehead atoms. The molecule has 17 heavy (non-hydrogen) atoms. The number of anilines is 1. The summed E-state index contributed by atoms with van der Waals surface area (Å²) in [7, 11) is 0. The number of ether oxygens (including phenoxy) is 1. The van der Waals surface area contributed by atoms with Gasteiger partial charge in [-0.05, 0) is 11.6 Å². The normalized spacial score (nSPS) is 21.6. The second kappa shape index (κ2) is 3.08. The van der Waals surface area contributed by atoms with Crippen molar-refractivity contribution in [1.82, 2.24) is 20.2 Å². The molecule has 1 N–H and O–H groups in total. The van der Waals surface area contributed by atoms with E-state index in [1.165, 1.54) is 0 Å². The second-order valence-electron chi connectivity index (χ2n) is 4.80. The summed E-state index contributed by atoms with van der Waals surface area (Å²) in [4.78, 5) is 10.6. The Balaban J connectivity index is 1.73. The van der Waals surface area contributed by atoms with Gasteiger partial charge in [-0.3, -0.25) is 5.10 Å². The summed E-state index contributed by atoms with van der Waals surface area (Å²) in [6.45, 7) is 3.66. The van der Waals surface area contributed by atoms with Crippen LogP contribution in [-0.4, -0.2) is 46.5 Å². The third-order valence-electron chi connectivity index (χ3n) is 3.43. The van der Waals surface area contributed by atoms with Crippen LogP contribution >= 0.6 is 11.6 Å². The molecule has 2 saturated heterocycles. The summed E-state index contributed by atoms with van der Waals surface area (Å²) < 4.78 is 5.26. The Hall–Kier alpha value is -1.40. The summed E-state index contributed by atoms with van der Waals surface area (Å²) >= 11 is 5.90. The van der Waals surface area contributed by atoms with Crippen LogP contribution < -0.4 is 4.90 Å². The molecule has 2 aliphatic rings. The highest BCUT2D eigenvalue weighted by molar-refractivity contribution is 6.28. The van der Waals surface area contributed by atoms with Gasteiger partial charge in [0.05, 0.1) is 30.2 Å². The minimum absolute atomic E-state index is 0.252. The summed E-state index contributed by atoms with van der Waals surface area (Å²) in [5.74, 6) is 0.867. The lowest BCUT2D eigenvalue weighted by atomic mass is 9.78. The first-order valence-corrected chi connectivity index (χ1v) is 5.83. The number of hydrogen-bond acceptors (Lipinski definition) is 5. The standard InChI is InChI=1S/C10H10ClN5O/c11-9-13-7-6(1-12-15-7)8(14-9)16-2-10(3-16)4-17-5-10/h1H,2-5H2,(H,12,13,14,15). The number of nitrogens with one attached hydrogen (secondary N) is 1. The first kappa shape index (κ1) is 9.61. The number of halogens is 1. The van der Waals surface area contributed by atoms with E-state index in [1.54, 1.807) is 6.20 Å². The number of rotatable bonds is 1. The minimum Gasteiger partial charge on any atom is -0.380 e. The van der Waals surface area contributed by atoms with Crippen LogP contribution in [0.15, 0.2) is 6.20 Å². The van der Waals surface area contributed by atoms with E-state index < -0.39 is 0 Å². The van der Waals surface area contributed by atoms with Crippen LogP contribution in [0.4, 0.5) is 5.82 Å². The topological polar surface area (TPSA) is 66.9 Å². The average molecular weight is 252 g/mol. The predicted molar refractivity (Wildman–Crippen MR) is 62.2 cm³/mol. The third kappa shape index (κ3) is 1.28. The number of hydrogen-bond donors (Lipinski definition) is 1. The molecule has 0 radical (unpaired) electrons. The molecule has 0 atom stereocenters. The Kier molecular flexibility index (Phi) is 1.74. The molecule has 6 nitrogen and oxygen atoms in total. The van der Waals surface area contributed by atoms with Gasteiger partial charge >= 0.3 is 0 Å². The molecule has 0 saturated carbocycles. The van der Waals surface area contributed by atoms with Crippen LogP contribution in [0, 0.1) is 5.41 Å². The molecule has 0 aromatic carbocycles. The third-order valence-corrected chi connectivity index (χ3v) is 3.60. The van der Waals surface area contributed by atoms with E-state index in [0.29, 0.717) is 11.1 Å². The van der Waals surface area contributed by atoms with Crippen molar-refractivity contribution >= 4 is 28.5 Å². The second-order valence-corrected chi connectivity index (χ2v) is 5.14. The maximum atomic E-state index is 5.90. The van der Waals surface area contributed by atoms with Gasteiger partial charge in [0.1, 0.15) is 5.82 Å². The van der Waals surface area contributed by atoms with E-state index in [-0.39, 0.29) is 5.28 Å². The highest BCUT2D eigenvalue weighted by Gasteiger charge is 2.49. The molecule has 88 valence electrons. The van der Waals surface area contributed by atoms with Crippen LogP contribution in [-0.2, 0) is 4.74 Å². The Labute approximate surface area is 102 Å². The van der Waals surface area contributed by atoms with Crippen LogP contribution in [0.1, 0.15) is 0 Å². The molecule has 2 fully saturated rings. The van der Waals surface area contributed by atoms with E-state index in [0.717, 1.165) is 37.5 Å². The molecular weight excluding hydrogens is 242 g/mol. The maximum Gasteiger partial charge on any atom is 0.226 e. The maximum absolute atomic E-state index is 5.90. The van der Waals surface area contributed by atoms with Gasteiger partial charge in [-0.1, -0.05) is 0 Å². The number of fused-ring (bicyclic) bond motifs is 1. The summed E-state index contributed by atoms with van der Waals surface area (Å²) in [5.41, 5.74) is 1.04. The highest BCUT2D eigenvalue weighted by atomic mass is 35.5. The predicted octanol–water partition coefficient (Wildman–Crippen LogP) is 0.843. The van der Waals surface area contributed by atoms with Gasteiger partial charge in [0.2, 0.25) is 5.28 Å². The van der Waals surface area contributed by atoms with Gasteiger partial charge in [0.15, 0.2) is 5.65 Å². The van der Waals surface area contributed by atoms with E-state index >= 15 is 0 Å². The fourth-order valence-electron chi connectivity index (χ4n) is 2.52. The van der Waals surface area contributed by atoms with E-state index in [1.807, 2.05) is 0 Å². The van der Waals surface area contributed by atoms with Crippen molar-refractivity contribution in [3.05, 3.63) is 11.5 Å². The molecule has 0 unspecified atom stereocenters. The summed E-state index contributed by atoms with van der Waals surface area (Å²) in [6.07, 6.45) is 1.74. The monoisotopic (exact) mass is 251 g/mol. The van der Waals surface area contributed by atoms with Crippen LogP contribution in [0.25, 0.3) is 11.0 Å². The molecule has 4 heterocycles. The largest absolute Gasteiger partial charge is 0.380 e. The smallest absolute Gasteiger partial charge is 0.226 e. The van der Waals surface area contributed by atoms with Gasteiger partial charge in [-0.15, -0.1) is 0 Å². The van der Waals surface area contributed by atoms with Gasteiger partial charge in [-0.2, -0.15) is 15.1 Å². The van der Waals surface area contributed by atoms with Crippen molar-refractivity contribution in [2.75, 3.05) is 31.2 Å². The average Bonchev–Trinajstić information content (AvgIpc) is 2.60. The highest BCUT2D eigenvalue weighted by Crippen LogP contribution is 2.41. The van der Waals surface area contributed by atoms with Crippen LogP contribution in [0.2, 0.25) is 5.28 Å². The quantitative estimate of drug-likeness (QED) is 0.761. The van der Waals surface area contributed by atoms with Crippen LogP contribution in [0.5, 0.6) is 0 Å². The molecule has 0 aliphatic carbocycles. The van der Waals surface area contributed by atoms with E-state index in [9.17, 15) is 0 Å². The lowest BCUT2D eigenvalue weighted by molar-refractivity contribution is -0.127. The van der Waals surface area contributed by atoms with Gasteiger partial charge in [-0.25, -0.2) is 0 Å². The molecular formula is C10H10ClN5O. The van der Waals surface area contributed by atoms with Crippen LogP contribution in [0.3, 0.4) is 0 Å². The Morgan fingerprint density at radius 1 is 1.35 bits per heavy atom. The zero-order valence-electron chi connectivity index (χ0n) is 8.98. The molecule has 7 heteroatoms. The number of nitrogens with zero attached hydrogens (tertiary/aromatic N) is 4. The fraction of sp³-hybridized carbons (Fsp3) is 0.500. The van der Waals surface area contributed by atoms with Crippen molar-refractivity contribution in [1.29, 1.82) is 0 Å². The SMILES string of the molecule is Clc1nc(N2CC3(COC3)C2)c2cn[nH]c2n1. The van der Waals surface area contributed by atoms with Crippen molar-refractivity contribution in [3.63, 3.8) is 0 Å². The molecule has 2 aliphatic heterocycles. The summed E-state index contributed by atoms with van der Waals surface area (Å²) in [6, 6.07) is 0. The Morgan fingerprint density at radius 2 is 2.18 bits per heavy atom. The van der Waals surface area contributed by atoms with Gasteiger partial charge in [0.25, 0.3) is 0 Å². The molecule has 1 spiro atoms. The Morgan fingerprint density at radius 3 is 2.88 bits per heavy atom. The van der Waals surface area contributed by atoms with Crippen molar-refractivity contribution < 1.29 is 4.74 Å². The summed E-state index contributed by atoms with van der Waals surface area (Å²) in [5, 5.41) is 7.97. The number of aromatic nitrogens is 4. The number of aromatic amines is 1. The van der Waals surface area contributed by atoms with Crippen molar-refractivity contribution in [2.24, 2.45) is 5.41 Å². The minimum atomic E-state index is 0.252. The lowest BCUT2D eigenvalue weighted by Gasteiger charge is -2.55. The van der Waals surface area contributed by atoms with Gasteiger partial charge < -0.3 is 9.64 Å². The van der Waals surface area contributed by atoms with E-state index in [4.69, 9.17) is 16.3 Å². The molecule has 2 aromatic rings. The molecule has 2 aromatic heterocycles. The zero-order valence-corrected chi connectivity index (χ0v) is 9.74. The number of H-pyrrole nitrogens is 1. The zero-order chi connectivity index (χ0) is 11.5. The molecule has 0 amide bonds. The molecule has 4 rings (SSSR count). The Bertz CT molecular complexity index is 585. The van der Waals surface area contributed by atoms with Crippen molar-refractivity contribution in [2.45, 2.75) is 0 Å². The van der Waals surface area contributed by atoms with E-state index in [2.05, 4.69) is 25.1 Å². The lowest BCUT2D eigenvalue weighted by Crippen LogP contribution is -2.66.